The predicted molar refractivity (Wildman–Crippen MR) is 80.9 cm³/mol. The Kier molecular flexibility index (Phi) is 3.72. The van der Waals surface area contributed by atoms with E-state index < -0.39 is 0 Å². The van der Waals surface area contributed by atoms with E-state index in [0.29, 0.717) is 0 Å². The summed E-state index contributed by atoms with van der Waals surface area (Å²) in [5.41, 5.74) is 2.24. The van der Waals surface area contributed by atoms with E-state index >= 15 is 0 Å². The molecule has 0 fully saturated rings. The van der Waals surface area contributed by atoms with Crippen molar-refractivity contribution in [3.8, 4) is 5.75 Å². The van der Waals surface area contributed by atoms with Crippen LogP contribution >= 0.6 is 34.5 Å². The largest absolute Gasteiger partial charge is 0.493 e. The summed E-state index contributed by atoms with van der Waals surface area (Å²) < 4.78 is 5.77. The zero-order valence-corrected chi connectivity index (χ0v) is 12.7. The van der Waals surface area contributed by atoms with Crippen molar-refractivity contribution in [3.63, 3.8) is 0 Å². The molecule has 1 atom stereocenters. The maximum absolute atomic E-state index is 6.25. The van der Waals surface area contributed by atoms with E-state index in [9.17, 15) is 0 Å². The first-order chi connectivity index (χ1) is 9.20. The molecule has 2 nitrogen and oxygen atoms in total. The van der Waals surface area contributed by atoms with Gasteiger partial charge in [0, 0.05) is 21.9 Å². The molecule has 1 aliphatic heterocycles. The smallest absolute Gasteiger partial charge is 0.127 e. The van der Waals surface area contributed by atoms with Crippen molar-refractivity contribution in [2.45, 2.75) is 12.5 Å². The van der Waals surface area contributed by atoms with Crippen LogP contribution in [-0.2, 0) is 6.42 Å². The lowest BCUT2D eigenvalue weighted by Gasteiger charge is -2.19. The highest BCUT2D eigenvalue weighted by Gasteiger charge is 2.25. The summed E-state index contributed by atoms with van der Waals surface area (Å²) in [5.74, 6) is 0.952. The van der Waals surface area contributed by atoms with Gasteiger partial charge in [0.2, 0.25) is 0 Å². The quantitative estimate of drug-likeness (QED) is 0.912. The van der Waals surface area contributed by atoms with Gasteiger partial charge in [0.05, 0.1) is 17.7 Å². The van der Waals surface area contributed by atoms with Gasteiger partial charge in [-0.25, -0.2) is 0 Å². The van der Waals surface area contributed by atoms with Gasteiger partial charge in [-0.15, -0.1) is 11.3 Å². The Morgan fingerprint density at radius 2 is 2.21 bits per heavy atom. The van der Waals surface area contributed by atoms with Crippen LogP contribution in [0.3, 0.4) is 0 Å². The minimum absolute atomic E-state index is 0.0121. The van der Waals surface area contributed by atoms with Crippen LogP contribution in [0.25, 0.3) is 0 Å². The molecule has 0 saturated carbocycles. The van der Waals surface area contributed by atoms with Gasteiger partial charge in [0.25, 0.3) is 0 Å². The normalized spacial score (nSPS) is 15.1. The van der Waals surface area contributed by atoms with Gasteiger partial charge in [-0.2, -0.15) is 0 Å². The minimum Gasteiger partial charge on any atom is -0.493 e. The van der Waals surface area contributed by atoms with Gasteiger partial charge < -0.3 is 10.1 Å². The molecule has 1 aromatic carbocycles. The Hall–Kier alpha value is -0.740. The maximum atomic E-state index is 6.25. The van der Waals surface area contributed by atoms with E-state index in [0.717, 1.165) is 39.3 Å². The molecule has 3 rings (SSSR count). The van der Waals surface area contributed by atoms with Crippen molar-refractivity contribution in [3.05, 3.63) is 49.6 Å². The van der Waals surface area contributed by atoms with Crippen molar-refractivity contribution in [1.29, 1.82) is 0 Å². The van der Waals surface area contributed by atoms with E-state index in [4.69, 9.17) is 27.9 Å². The van der Waals surface area contributed by atoms with Crippen molar-refractivity contribution >= 4 is 34.5 Å². The standard InChI is InChI=1S/C14H13Cl2NOS/c1-17-12(14-11(16)3-5-19-14)10-7-9(15)6-8-2-4-18-13(8)10/h3,5-7,12,17H,2,4H2,1H3. The summed E-state index contributed by atoms with van der Waals surface area (Å²) in [4.78, 5) is 1.09. The van der Waals surface area contributed by atoms with Crippen LogP contribution in [0.15, 0.2) is 23.6 Å². The number of nitrogens with one attached hydrogen (secondary N) is 1. The molecule has 0 spiro atoms. The second kappa shape index (κ2) is 5.33. The zero-order valence-electron chi connectivity index (χ0n) is 10.4. The van der Waals surface area contributed by atoms with E-state index in [1.807, 2.05) is 30.6 Å². The Morgan fingerprint density at radius 1 is 1.37 bits per heavy atom. The van der Waals surface area contributed by atoms with Crippen LogP contribution in [0, 0.1) is 0 Å². The molecule has 0 aliphatic carbocycles. The van der Waals surface area contributed by atoms with Crippen LogP contribution in [0.2, 0.25) is 10.0 Å². The fourth-order valence-corrected chi connectivity index (χ4v) is 3.99. The average Bonchev–Trinajstić information content (AvgIpc) is 2.99. The first-order valence-electron chi connectivity index (χ1n) is 6.06. The molecule has 2 aromatic rings. The van der Waals surface area contributed by atoms with Crippen LogP contribution in [-0.4, -0.2) is 13.7 Å². The highest BCUT2D eigenvalue weighted by Crippen LogP contribution is 2.41. The van der Waals surface area contributed by atoms with E-state index in [2.05, 4.69) is 5.32 Å². The molecule has 1 aromatic heterocycles. The Morgan fingerprint density at radius 3 is 2.89 bits per heavy atom. The maximum Gasteiger partial charge on any atom is 0.127 e. The lowest BCUT2D eigenvalue weighted by molar-refractivity contribution is 0.351. The number of rotatable bonds is 3. The third-order valence-corrected chi connectivity index (χ3v) is 4.93. The summed E-state index contributed by atoms with van der Waals surface area (Å²) >= 11 is 14.1. The molecule has 0 saturated heterocycles. The first kappa shape index (κ1) is 13.3. The molecule has 1 aliphatic rings. The third-order valence-electron chi connectivity index (χ3n) is 3.28. The SMILES string of the molecule is CNC(c1cc(Cl)cc2c1OCC2)c1sccc1Cl. The second-order valence-corrected chi connectivity index (χ2v) is 6.23. The molecule has 0 amide bonds. The monoisotopic (exact) mass is 313 g/mol. The molecule has 0 bridgehead atoms. The highest BCUT2D eigenvalue weighted by molar-refractivity contribution is 7.10. The van der Waals surface area contributed by atoms with Gasteiger partial charge in [-0.05, 0) is 36.2 Å². The van der Waals surface area contributed by atoms with Gasteiger partial charge >= 0.3 is 0 Å². The number of halogens is 2. The van der Waals surface area contributed by atoms with E-state index in [1.165, 1.54) is 5.56 Å². The first-order valence-corrected chi connectivity index (χ1v) is 7.69. The van der Waals surface area contributed by atoms with Gasteiger partial charge in [0.15, 0.2) is 0 Å². The lowest BCUT2D eigenvalue weighted by Crippen LogP contribution is -2.17. The van der Waals surface area contributed by atoms with Crippen LogP contribution in [0.5, 0.6) is 5.75 Å². The number of thiophene rings is 1. The van der Waals surface area contributed by atoms with Gasteiger partial charge in [-0.3, -0.25) is 0 Å². The van der Waals surface area contributed by atoms with Gasteiger partial charge in [-0.1, -0.05) is 23.2 Å². The fourth-order valence-electron chi connectivity index (χ4n) is 2.45. The van der Waals surface area contributed by atoms with Crippen LogP contribution < -0.4 is 10.1 Å². The van der Waals surface area contributed by atoms with E-state index in [-0.39, 0.29) is 6.04 Å². The van der Waals surface area contributed by atoms with Crippen LogP contribution in [0.1, 0.15) is 22.0 Å². The molecule has 5 heteroatoms. The summed E-state index contributed by atoms with van der Waals surface area (Å²) in [7, 11) is 1.92. The number of hydrogen-bond acceptors (Lipinski definition) is 3. The third kappa shape index (κ3) is 2.36. The van der Waals surface area contributed by atoms with Crippen molar-refractivity contribution < 1.29 is 4.74 Å². The lowest BCUT2D eigenvalue weighted by atomic mass is 10.0. The highest BCUT2D eigenvalue weighted by atomic mass is 35.5. The molecule has 2 heterocycles. The number of hydrogen-bond donors (Lipinski definition) is 1. The number of benzene rings is 1. The molecular formula is C14H13Cl2NOS. The summed E-state index contributed by atoms with van der Waals surface area (Å²) in [6.07, 6.45) is 0.914. The Balaban J connectivity index is 2.12. The van der Waals surface area contributed by atoms with Crippen molar-refractivity contribution in [2.24, 2.45) is 0 Å². The van der Waals surface area contributed by atoms with E-state index in [1.54, 1.807) is 11.3 Å². The predicted octanol–water partition coefficient (Wildman–Crippen LogP) is 4.30. The van der Waals surface area contributed by atoms with Gasteiger partial charge in [0.1, 0.15) is 5.75 Å². The number of ether oxygens (including phenoxy) is 1. The second-order valence-electron chi connectivity index (χ2n) is 4.44. The average molecular weight is 314 g/mol. The van der Waals surface area contributed by atoms with Crippen molar-refractivity contribution in [2.75, 3.05) is 13.7 Å². The Bertz CT molecular complexity index is 611. The molecule has 19 heavy (non-hydrogen) atoms. The molecule has 1 N–H and O–H groups in total. The number of fused-ring (bicyclic) bond motifs is 1. The topological polar surface area (TPSA) is 21.3 Å². The minimum atomic E-state index is 0.0121. The molecule has 100 valence electrons. The molecular weight excluding hydrogens is 301 g/mol. The molecule has 0 radical (unpaired) electrons. The zero-order chi connectivity index (χ0) is 13.4. The van der Waals surface area contributed by atoms with Crippen LogP contribution in [0.4, 0.5) is 0 Å². The summed E-state index contributed by atoms with van der Waals surface area (Å²) in [6, 6.07) is 5.87. The van der Waals surface area contributed by atoms with Crippen molar-refractivity contribution in [1.82, 2.24) is 5.32 Å². The molecule has 1 unspecified atom stereocenters. The summed E-state index contributed by atoms with van der Waals surface area (Å²) in [6.45, 7) is 0.720. The summed E-state index contributed by atoms with van der Waals surface area (Å²) in [5, 5.41) is 6.82. The Labute approximate surface area is 126 Å². The fraction of sp³-hybridized carbons (Fsp3) is 0.286.